The maximum atomic E-state index is 11.7. The summed E-state index contributed by atoms with van der Waals surface area (Å²) in [7, 11) is 0. The molecule has 1 saturated heterocycles. The molecule has 10 nitrogen and oxygen atoms in total. The summed E-state index contributed by atoms with van der Waals surface area (Å²) in [4.78, 5) is 27.7. The average Bonchev–Trinajstić information content (AvgIpc) is 2.59. The number of hydrogen-bond acceptors (Lipinski definition) is 8. The Labute approximate surface area is 143 Å². The zero-order valence-corrected chi connectivity index (χ0v) is 13.3. The van der Waals surface area contributed by atoms with Crippen molar-refractivity contribution in [3.63, 3.8) is 0 Å². The van der Waals surface area contributed by atoms with Crippen molar-refractivity contribution in [2.24, 2.45) is 5.16 Å². The molecule has 0 spiro atoms. The van der Waals surface area contributed by atoms with Gasteiger partial charge in [0.25, 0.3) is 5.90 Å². The van der Waals surface area contributed by atoms with Crippen molar-refractivity contribution in [1.29, 1.82) is 0 Å². The van der Waals surface area contributed by atoms with Crippen LogP contribution >= 0.6 is 0 Å². The van der Waals surface area contributed by atoms with E-state index in [1.807, 2.05) is 0 Å². The van der Waals surface area contributed by atoms with Crippen LogP contribution in [0.25, 0.3) is 0 Å². The minimum Gasteiger partial charge on any atom is -0.468 e. The number of para-hydroxylation sites is 1. The molecule has 5 N–H and O–H groups in total. The van der Waals surface area contributed by atoms with Crippen molar-refractivity contribution in [3.8, 4) is 0 Å². The van der Waals surface area contributed by atoms with Gasteiger partial charge in [-0.1, -0.05) is 18.2 Å². The molecule has 1 heterocycles. The van der Waals surface area contributed by atoms with Crippen LogP contribution in [-0.2, 0) is 14.4 Å². The molecule has 10 heteroatoms. The van der Waals surface area contributed by atoms with Crippen LogP contribution < -0.4 is 10.6 Å². The fourth-order valence-electron chi connectivity index (χ4n) is 2.20. The lowest BCUT2D eigenvalue weighted by molar-refractivity contribution is -0.126. The fourth-order valence-corrected chi connectivity index (χ4v) is 2.20. The van der Waals surface area contributed by atoms with E-state index in [-0.39, 0.29) is 5.90 Å². The Morgan fingerprint density at radius 2 is 1.92 bits per heavy atom. The van der Waals surface area contributed by atoms with E-state index >= 15 is 0 Å². The highest BCUT2D eigenvalue weighted by Gasteiger charge is 2.44. The summed E-state index contributed by atoms with van der Waals surface area (Å²) in [6.07, 6.45) is -5.07. The van der Waals surface area contributed by atoms with Gasteiger partial charge in [-0.25, -0.2) is 4.79 Å². The van der Waals surface area contributed by atoms with E-state index in [0.29, 0.717) is 5.69 Å². The Balaban J connectivity index is 2.09. The first kappa shape index (κ1) is 18.6. The molecule has 2 rings (SSSR count). The lowest BCUT2D eigenvalue weighted by Gasteiger charge is -2.37. The third-order valence-electron chi connectivity index (χ3n) is 3.39. The summed E-state index contributed by atoms with van der Waals surface area (Å²) >= 11 is 0. The van der Waals surface area contributed by atoms with Gasteiger partial charge < -0.3 is 25.4 Å². The van der Waals surface area contributed by atoms with Gasteiger partial charge in [0.1, 0.15) is 18.2 Å². The molecule has 1 aromatic rings. The maximum Gasteiger partial charge on any atom is 0.437 e. The number of nitrogens with zero attached hydrogens (tertiary/aromatic N) is 1. The van der Waals surface area contributed by atoms with Gasteiger partial charge in [-0.15, -0.1) is 0 Å². The van der Waals surface area contributed by atoms with Crippen LogP contribution in [0.1, 0.15) is 6.92 Å². The monoisotopic (exact) mass is 353 g/mol. The third kappa shape index (κ3) is 4.89. The molecule has 0 saturated carbocycles. The Morgan fingerprint density at radius 3 is 2.52 bits per heavy atom. The molecule has 0 aromatic heterocycles. The fraction of sp³-hybridized carbons (Fsp3) is 0.400. The van der Waals surface area contributed by atoms with E-state index < -0.39 is 43.0 Å². The lowest BCUT2D eigenvalue weighted by atomic mass is 9.97. The number of hydrogen-bond donors (Lipinski definition) is 5. The summed E-state index contributed by atoms with van der Waals surface area (Å²) in [5, 5.41) is 37.3. The van der Waals surface area contributed by atoms with E-state index in [0.717, 1.165) is 0 Å². The van der Waals surface area contributed by atoms with Crippen LogP contribution in [0.2, 0.25) is 0 Å². The molecular formula is C15H19N3O7. The first-order valence-corrected chi connectivity index (χ1v) is 7.44. The van der Waals surface area contributed by atoms with Crippen molar-refractivity contribution < 1.29 is 34.5 Å². The van der Waals surface area contributed by atoms with Crippen molar-refractivity contribution >= 4 is 23.6 Å². The van der Waals surface area contributed by atoms with Gasteiger partial charge >= 0.3 is 6.09 Å². The number of nitrogens with one attached hydrogen (secondary N) is 2. The standard InChI is InChI=1S/C15H19N3O7/c1-8(20)16-11-13(22)12(21)10(7-19)24-14(11)18-25-15(23)17-9-5-3-2-4-6-9/h2-6,10-13,19,21-22H,7H2,1H3,(H,16,20)(H,17,23)/b18-14-/t10?,11?,12-,13?/m1/s1. The largest absolute Gasteiger partial charge is 0.468 e. The van der Waals surface area contributed by atoms with Gasteiger partial charge in [0.2, 0.25) is 5.91 Å². The van der Waals surface area contributed by atoms with Crippen LogP contribution in [0.4, 0.5) is 10.5 Å². The molecule has 1 aliphatic heterocycles. The van der Waals surface area contributed by atoms with E-state index in [2.05, 4.69) is 20.6 Å². The molecule has 1 aliphatic rings. The molecule has 3 unspecified atom stereocenters. The predicted molar refractivity (Wildman–Crippen MR) is 85.6 cm³/mol. The molecule has 25 heavy (non-hydrogen) atoms. The van der Waals surface area contributed by atoms with Crippen molar-refractivity contribution in [2.45, 2.75) is 31.3 Å². The summed E-state index contributed by atoms with van der Waals surface area (Å²) in [5.74, 6) is -0.876. The number of ether oxygens (including phenoxy) is 1. The Kier molecular flexibility index (Phi) is 6.28. The van der Waals surface area contributed by atoms with E-state index in [1.54, 1.807) is 30.3 Å². The number of aliphatic hydroxyl groups excluding tert-OH is 3. The summed E-state index contributed by atoms with van der Waals surface area (Å²) < 4.78 is 5.20. The minimum absolute atomic E-state index is 0.352. The molecule has 136 valence electrons. The van der Waals surface area contributed by atoms with Crippen LogP contribution in [0.5, 0.6) is 0 Å². The molecule has 0 bridgehead atoms. The summed E-state index contributed by atoms with van der Waals surface area (Å²) in [6.45, 7) is 0.581. The number of oxime groups is 1. The van der Waals surface area contributed by atoms with Crippen LogP contribution in [0, 0.1) is 0 Å². The van der Waals surface area contributed by atoms with E-state index in [1.165, 1.54) is 6.92 Å². The quantitative estimate of drug-likeness (QED) is 0.350. The zero-order valence-electron chi connectivity index (χ0n) is 13.3. The van der Waals surface area contributed by atoms with Gasteiger partial charge in [0.15, 0.2) is 6.10 Å². The second-order valence-corrected chi connectivity index (χ2v) is 5.30. The number of amides is 2. The van der Waals surface area contributed by atoms with Gasteiger partial charge in [0.05, 0.1) is 6.61 Å². The second kappa shape index (κ2) is 8.42. The molecule has 1 aromatic carbocycles. The zero-order chi connectivity index (χ0) is 18.4. The van der Waals surface area contributed by atoms with Crippen LogP contribution in [-0.4, -0.2) is 64.2 Å². The Hall–Kier alpha value is -2.69. The normalized spacial score (nSPS) is 27.3. The minimum atomic E-state index is -1.51. The number of benzene rings is 1. The van der Waals surface area contributed by atoms with E-state index in [9.17, 15) is 24.9 Å². The number of anilines is 1. The van der Waals surface area contributed by atoms with Crippen molar-refractivity contribution in [2.75, 3.05) is 11.9 Å². The highest BCUT2D eigenvalue weighted by Crippen LogP contribution is 2.18. The van der Waals surface area contributed by atoms with Gasteiger partial charge in [-0.3, -0.25) is 14.9 Å². The number of carbonyl (C=O) groups excluding carboxylic acids is 2. The molecule has 1 fully saturated rings. The molecule has 2 amide bonds. The smallest absolute Gasteiger partial charge is 0.437 e. The number of aliphatic hydroxyl groups is 3. The Morgan fingerprint density at radius 1 is 1.24 bits per heavy atom. The maximum absolute atomic E-state index is 11.7. The first-order chi connectivity index (χ1) is 11.9. The Bertz CT molecular complexity index is 637. The number of carbonyl (C=O) groups is 2. The van der Waals surface area contributed by atoms with Crippen molar-refractivity contribution in [1.82, 2.24) is 5.32 Å². The second-order valence-electron chi connectivity index (χ2n) is 5.30. The van der Waals surface area contributed by atoms with Gasteiger partial charge in [0, 0.05) is 12.6 Å². The van der Waals surface area contributed by atoms with Gasteiger partial charge in [-0.05, 0) is 17.3 Å². The highest BCUT2D eigenvalue weighted by molar-refractivity contribution is 5.89. The van der Waals surface area contributed by atoms with Gasteiger partial charge in [-0.2, -0.15) is 0 Å². The van der Waals surface area contributed by atoms with E-state index in [4.69, 9.17) is 4.74 Å². The summed E-state index contributed by atoms with van der Waals surface area (Å²) in [5.41, 5.74) is 0.472. The molecule has 0 radical (unpaired) electrons. The lowest BCUT2D eigenvalue weighted by Crippen LogP contribution is -2.62. The third-order valence-corrected chi connectivity index (χ3v) is 3.39. The molecule has 4 atom stereocenters. The topological polar surface area (TPSA) is 150 Å². The van der Waals surface area contributed by atoms with Crippen molar-refractivity contribution in [3.05, 3.63) is 30.3 Å². The molecular weight excluding hydrogens is 334 g/mol. The van der Waals surface area contributed by atoms with Crippen LogP contribution in [0.3, 0.4) is 0 Å². The summed E-state index contributed by atoms with van der Waals surface area (Å²) in [6, 6.07) is 7.22. The average molecular weight is 353 g/mol. The predicted octanol–water partition coefficient (Wildman–Crippen LogP) is -0.834. The molecule has 0 aliphatic carbocycles. The first-order valence-electron chi connectivity index (χ1n) is 7.44. The number of rotatable bonds is 4. The highest BCUT2D eigenvalue weighted by atomic mass is 16.7. The SMILES string of the molecule is CC(=O)NC1/C(=N/OC(=O)Nc2ccccc2)OC(CO)[C@@H](O)C1O. The van der Waals surface area contributed by atoms with Crippen LogP contribution in [0.15, 0.2) is 35.5 Å².